The number of hydroxylamine groups is 1. The van der Waals surface area contributed by atoms with Gasteiger partial charge in [0.15, 0.2) is 9.84 Å². The van der Waals surface area contributed by atoms with Crippen molar-refractivity contribution in [3.05, 3.63) is 34.5 Å². The van der Waals surface area contributed by atoms with Crippen molar-refractivity contribution < 1.29 is 18.4 Å². The third-order valence-corrected chi connectivity index (χ3v) is 8.64. The van der Waals surface area contributed by atoms with Crippen LogP contribution in [0.1, 0.15) is 37.5 Å². The van der Waals surface area contributed by atoms with Crippen molar-refractivity contribution in [2.45, 2.75) is 43.8 Å². The Bertz CT molecular complexity index is 796. The van der Waals surface area contributed by atoms with Crippen molar-refractivity contribution in [3.63, 3.8) is 0 Å². The largest absolute Gasteiger partial charge is 0.289 e. The van der Waals surface area contributed by atoms with E-state index in [1.165, 1.54) is 27.0 Å². The molecule has 25 heavy (non-hydrogen) atoms. The Morgan fingerprint density at radius 3 is 2.56 bits per heavy atom. The Hall–Kier alpha value is -1.22. The van der Waals surface area contributed by atoms with Crippen LogP contribution in [0.5, 0.6) is 0 Å². The first-order chi connectivity index (χ1) is 11.8. The molecule has 0 saturated heterocycles. The number of amides is 1. The van der Waals surface area contributed by atoms with Gasteiger partial charge in [-0.05, 0) is 49.8 Å². The number of aryl methyl sites for hydroxylation is 1. The third kappa shape index (κ3) is 4.91. The fourth-order valence-corrected chi connectivity index (χ4v) is 5.37. The number of sulfone groups is 1. The molecule has 1 amide bonds. The number of rotatable bonds is 9. The molecule has 2 aromatic heterocycles. The zero-order valence-electron chi connectivity index (χ0n) is 14.3. The van der Waals surface area contributed by atoms with Crippen molar-refractivity contribution in [3.8, 4) is 9.75 Å². The fourth-order valence-electron chi connectivity index (χ4n) is 2.59. The van der Waals surface area contributed by atoms with Gasteiger partial charge in [-0.2, -0.15) is 0 Å². The van der Waals surface area contributed by atoms with E-state index in [0.717, 1.165) is 25.5 Å². The summed E-state index contributed by atoms with van der Waals surface area (Å²) < 4.78 is 22.2. The van der Waals surface area contributed by atoms with Crippen LogP contribution in [0.3, 0.4) is 0 Å². The van der Waals surface area contributed by atoms with Crippen LogP contribution in [-0.2, 0) is 21.1 Å². The summed E-state index contributed by atoms with van der Waals surface area (Å²) in [6.07, 6.45) is 4.54. The maximum atomic E-state index is 11.9. The van der Waals surface area contributed by atoms with Gasteiger partial charge >= 0.3 is 0 Å². The normalized spacial score (nSPS) is 14.2. The Kier molecular flexibility index (Phi) is 6.79. The van der Waals surface area contributed by atoms with E-state index in [0.29, 0.717) is 6.42 Å². The molecule has 0 aliphatic rings. The van der Waals surface area contributed by atoms with E-state index in [9.17, 15) is 13.2 Å². The zero-order chi connectivity index (χ0) is 18.5. The predicted molar refractivity (Wildman–Crippen MR) is 103 cm³/mol. The van der Waals surface area contributed by atoms with E-state index in [1.54, 1.807) is 22.7 Å². The van der Waals surface area contributed by atoms with E-state index in [2.05, 4.69) is 23.6 Å². The van der Waals surface area contributed by atoms with Crippen LogP contribution in [0.2, 0.25) is 0 Å². The highest BCUT2D eigenvalue weighted by Crippen LogP contribution is 2.32. The van der Waals surface area contributed by atoms with E-state index in [4.69, 9.17) is 5.21 Å². The van der Waals surface area contributed by atoms with Crippen LogP contribution in [0.15, 0.2) is 29.6 Å². The smallest absolute Gasteiger partial charge is 0.264 e. The average Bonchev–Trinajstić information content (AvgIpc) is 3.23. The van der Waals surface area contributed by atoms with Crippen LogP contribution in [0.25, 0.3) is 9.75 Å². The zero-order valence-corrected chi connectivity index (χ0v) is 16.8. The molecule has 0 spiro atoms. The van der Waals surface area contributed by atoms with Gasteiger partial charge in [0, 0.05) is 20.9 Å². The van der Waals surface area contributed by atoms with Gasteiger partial charge in [-0.3, -0.25) is 10.0 Å². The molecular formula is C17H23NO4S3. The molecule has 8 heteroatoms. The summed E-state index contributed by atoms with van der Waals surface area (Å²) in [5.74, 6) is -0.867. The molecule has 138 valence electrons. The van der Waals surface area contributed by atoms with E-state index in [-0.39, 0.29) is 6.42 Å². The van der Waals surface area contributed by atoms with Gasteiger partial charge in [-0.1, -0.05) is 18.9 Å². The molecule has 0 fully saturated rings. The second kappa shape index (κ2) is 8.44. The Labute approximate surface area is 156 Å². The van der Waals surface area contributed by atoms with Crippen molar-refractivity contribution in [1.29, 1.82) is 0 Å². The minimum Gasteiger partial charge on any atom is -0.289 e. The molecule has 2 N–H and O–H groups in total. The maximum Gasteiger partial charge on any atom is 0.264 e. The van der Waals surface area contributed by atoms with Crippen LogP contribution in [0.4, 0.5) is 0 Å². The van der Waals surface area contributed by atoms with Crippen LogP contribution < -0.4 is 5.48 Å². The minimum absolute atomic E-state index is 0.198. The molecule has 0 saturated carbocycles. The minimum atomic E-state index is -3.61. The molecule has 0 radical (unpaired) electrons. The predicted octanol–water partition coefficient (Wildman–Crippen LogP) is 3.89. The number of thiophene rings is 2. The van der Waals surface area contributed by atoms with Gasteiger partial charge in [-0.15, -0.1) is 22.7 Å². The van der Waals surface area contributed by atoms with E-state index < -0.39 is 20.5 Å². The highest BCUT2D eigenvalue weighted by atomic mass is 32.2. The molecule has 5 nitrogen and oxygen atoms in total. The van der Waals surface area contributed by atoms with Crippen LogP contribution in [-0.4, -0.2) is 30.5 Å². The van der Waals surface area contributed by atoms with Gasteiger partial charge in [0.2, 0.25) is 0 Å². The van der Waals surface area contributed by atoms with Crippen molar-refractivity contribution in [2.24, 2.45) is 0 Å². The molecule has 0 aliphatic carbocycles. The van der Waals surface area contributed by atoms with Gasteiger partial charge in [0.05, 0.1) is 0 Å². The fraction of sp³-hybridized carbons (Fsp3) is 0.471. The summed E-state index contributed by atoms with van der Waals surface area (Å²) in [6, 6.07) is 8.43. The monoisotopic (exact) mass is 401 g/mol. The number of hydrogen-bond acceptors (Lipinski definition) is 6. The molecule has 0 aromatic carbocycles. The highest BCUT2D eigenvalue weighted by Gasteiger charge is 2.42. The topological polar surface area (TPSA) is 83.5 Å². The molecule has 2 rings (SSSR count). The SMILES string of the molecule is CC(CCCCCc1ccc(-c2cccs2)s1)(C(=O)NO)S(C)(=O)=O. The van der Waals surface area contributed by atoms with Crippen molar-refractivity contribution >= 4 is 38.4 Å². The molecule has 1 atom stereocenters. The van der Waals surface area contributed by atoms with Crippen LogP contribution in [0, 0.1) is 0 Å². The first kappa shape index (κ1) is 20.1. The first-order valence-electron chi connectivity index (χ1n) is 8.04. The quantitative estimate of drug-likeness (QED) is 0.379. The summed E-state index contributed by atoms with van der Waals surface area (Å²) in [5, 5.41) is 10.9. The molecule has 0 bridgehead atoms. The maximum absolute atomic E-state index is 11.9. The average molecular weight is 402 g/mol. The molecule has 1 unspecified atom stereocenters. The standard InChI is InChI=1S/C17H23NO4S3/c1-17(16(19)18-20,25(2,21)22)11-5-3-4-7-13-9-10-15(24-13)14-8-6-12-23-14/h6,8-10,12,20H,3-5,7,11H2,1-2H3,(H,18,19). The van der Waals surface area contributed by atoms with Crippen LogP contribution >= 0.6 is 22.7 Å². The molecule has 0 aliphatic heterocycles. The second-order valence-corrected chi connectivity index (χ2v) is 10.8. The molecular weight excluding hydrogens is 378 g/mol. The van der Waals surface area contributed by atoms with E-state index >= 15 is 0 Å². The summed E-state index contributed by atoms with van der Waals surface area (Å²) in [4.78, 5) is 15.6. The Balaban J connectivity index is 1.82. The number of nitrogens with one attached hydrogen (secondary N) is 1. The van der Waals surface area contributed by atoms with Crippen molar-refractivity contribution in [2.75, 3.05) is 6.26 Å². The number of carbonyl (C=O) groups is 1. The van der Waals surface area contributed by atoms with Gasteiger partial charge in [0.25, 0.3) is 5.91 Å². The lowest BCUT2D eigenvalue weighted by molar-refractivity contribution is -0.131. The number of unbranched alkanes of at least 4 members (excludes halogenated alkanes) is 2. The van der Waals surface area contributed by atoms with E-state index in [1.807, 2.05) is 6.07 Å². The lowest BCUT2D eigenvalue weighted by atomic mass is 10.0. The Morgan fingerprint density at radius 2 is 1.96 bits per heavy atom. The lowest BCUT2D eigenvalue weighted by Crippen LogP contribution is -2.49. The Morgan fingerprint density at radius 1 is 1.20 bits per heavy atom. The van der Waals surface area contributed by atoms with Gasteiger partial charge in [0.1, 0.15) is 4.75 Å². The summed E-state index contributed by atoms with van der Waals surface area (Å²) in [5.41, 5.74) is 1.48. The third-order valence-electron chi connectivity index (χ3n) is 4.40. The second-order valence-electron chi connectivity index (χ2n) is 6.25. The summed E-state index contributed by atoms with van der Waals surface area (Å²) in [6.45, 7) is 1.36. The van der Waals surface area contributed by atoms with Crippen molar-refractivity contribution in [1.82, 2.24) is 5.48 Å². The molecule has 2 aromatic rings. The first-order valence-corrected chi connectivity index (χ1v) is 11.6. The van der Waals surface area contributed by atoms with Gasteiger partial charge in [-0.25, -0.2) is 13.9 Å². The highest BCUT2D eigenvalue weighted by molar-refractivity contribution is 7.92. The number of carbonyl (C=O) groups excluding carboxylic acids is 1. The summed E-state index contributed by atoms with van der Waals surface area (Å²) >= 11 is 3.51. The van der Waals surface area contributed by atoms with Gasteiger partial charge < -0.3 is 0 Å². The summed E-state index contributed by atoms with van der Waals surface area (Å²) in [7, 11) is -3.61. The molecule has 2 heterocycles. The number of hydrogen-bond donors (Lipinski definition) is 2. The lowest BCUT2D eigenvalue weighted by Gasteiger charge is -2.24.